The molecule has 0 saturated heterocycles. The summed E-state index contributed by atoms with van der Waals surface area (Å²) in [7, 11) is 8.94. The number of hydrogen-bond acceptors (Lipinski definition) is 8. The van der Waals surface area contributed by atoms with E-state index in [-0.39, 0.29) is 10.7 Å². The summed E-state index contributed by atoms with van der Waals surface area (Å²) >= 11 is 5.24. The molecule has 0 aliphatic rings. The van der Waals surface area contributed by atoms with Crippen LogP contribution in [-0.4, -0.2) is 53.7 Å². The molecule has 3 N–H and O–H groups in total. The van der Waals surface area contributed by atoms with Gasteiger partial charge in [-0.3, -0.25) is 15.6 Å². The first-order chi connectivity index (χ1) is 14.9. The van der Waals surface area contributed by atoms with Crippen molar-refractivity contribution in [3.8, 4) is 34.5 Å². The lowest BCUT2D eigenvalue weighted by Crippen LogP contribution is -2.43. The Hall–Kier alpha value is -3.60. The van der Waals surface area contributed by atoms with E-state index in [0.29, 0.717) is 40.2 Å². The van der Waals surface area contributed by atoms with Gasteiger partial charge in [-0.15, -0.1) is 0 Å². The molecule has 0 spiro atoms. The number of thiocarbonyl (C=S) groups is 1. The van der Waals surface area contributed by atoms with Crippen molar-refractivity contribution in [2.24, 2.45) is 0 Å². The molecule has 0 unspecified atom stereocenters. The topological polar surface area (TPSA) is 109 Å². The van der Waals surface area contributed by atoms with Gasteiger partial charge in [0.1, 0.15) is 0 Å². The van der Waals surface area contributed by atoms with Crippen LogP contribution >= 0.6 is 12.2 Å². The zero-order chi connectivity index (χ0) is 23.0. The largest absolute Gasteiger partial charge is 0.493 e. The van der Waals surface area contributed by atoms with E-state index < -0.39 is 5.91 Å². The summed E-state index contributed by atoms with van der Waals surface area (Å²) in [5.41, 5.74) is 5.98. The van der Waals surface area contributed by atoms with E-state index in [9.17, 15) is 4.79 Å². The van der Waals surface area contributed by atoms with Crippen LogP contribution in [0.2, 0.25) is 0 Å². The van der Waals surface area contributed by atoms with Crippen LogP contribution < -0.4 is 44.6 Å². The molecular formula is C20H25N3O7S. The number of ether oxygens (including phenoxy) is 6. The second kappa shape index (κ2) is 11.0. The SMILES string of the molecule is COc1cc(NC(=S)NNC(=O)c2cc(OC)c(OC)c(OC)c2)cc(OC)c1OC. The van der Waals surface area contributed by atoms with Crippen LogP contribution in [0.4, 0.5) is 5.69 Å². The number of hydrogen-bond donors (Lipinski definition) is 3. The Bertz CT molecular complexity index is 902. The third-order valence-electron chi connectivity index (χ3n) is 4.14. The zero-order valence-corrected chi connectivity index (χ0v) is 18.9. The van der Waals surface area contributed by atoms with Crippen LogP contribution in [-0.2, 0) is 0 Å². The maximum absolute atomic E-state index is 12.6. The molecule has 11 heteroatoms. The lowest BCUT2D eigenvalue weighted by atomic mass is 10.1. The van der Waals surface area contributed by atoms with Gasteiger partial charge >= 0.3 is 0 Å². The highest BCUT2D eigenvalue weighted by atomic mass is 32.1. The van der Waals surface area contributed by atoms with Crippen molar-refractivity contribution in [1.29, 1.82) is 0 Å². The first kappa shape index (κ1) is 23.7. The van der Waals surface area contributed by atoms with Gasteiger partial charge in [-0.1, -0.05) is 0 Å². The van der Waals surface area contributed by atoms with Crippen molar-refractivity contribution in [2.45, 2.75) is 0 Å². The summed E-state index contributed by atoms with van der Waals surface area (Å²) in [4.78, 5) is 12.6. The number of carbonyl (C=O) groups is 1. The standard InChI is InChI=1S/C20H25N3O7S/c1-25-13-7-11(8-14(26-2)17(13)29-5)19(24)22-23-20(31)21-12-9-15(27-3)18(30-6)16(10-12)28-4/h7-10H,1-6H3,(H,22,24)(H2,21,23,31). The van der Waals surface area contributed by atoms with Gasteiger partial charge in [-0.2, -0.15) is 0 Å². The smallest absolute Gasteiger partial charge is 0.269 e. The van der Waals surface area contributed by atoms with Crippen LogP contribution in [0.25, 0.3) is 0 Å². The monoisotopic (exact) mass is 451 g/mol. The molecule has 0 heterocycles. The Labute approximate surface area is 185 Å². The van der Waals surface area contributed by atoms with Crippen molar-refractivity contribution in [2.75, 3.05) is 48.0 Å². The lowest BCUT2D eigenvalue weighted by Gasteiger charge is -2.17. The van der Waals surface area contributed by atoms with Gasteiger partial charge in [0.05, 0.1) is 42.7 Å². The highest BCUT2D eigenvalue weighted by Gasteiger charge is 2.17. The van der Waals surface area contributed by atoms with Gasteiger partial charge in [0.2, 0.25) is 11.5 Å². The number of anilines is 1. The summed E-state index contributed by atoms with van der Waals surface area (Å²) < 4.78 is 31.7. The molecular weight excluding hydrogens is 426 g/mol. The molecule has 0 bridgehead atoms. The molecule has 0 atom stereocenters. The van der Waals surface area contributed by atoms with Crippen LogP contribution in [0.1, 0.15) is 10.4 Å². The maximum atomic E-state index is 12.6. The molecule has 0 aliphatic heterocycles. The van der Waals surface area contributed by atoms with Crippen molar-refractivity contribution in [1.82, 2.24) is 10.9 Å². The van der Waals surface area contributed by atoms with Gasteiger partial charge in [-0.05, 0) is 24.4 Å². The fourth-order valence-electron chi connectivity index (χ4n) is 2.71. The van der Waals surface area contributed by atoms with Gasteiger partial charge in [0.15, 0.2) is 28.1 Å². The summed E-state index contributed by atoms with van der Waals surface area (Å²) in [5.74, 6) is 1.98. The molecule has 2 aromatic carbocycles. The summed E-state index contributed by atoms with van der Waals surface area (Å²) in [6.07, 6.45) is 0. The molecule has 0 radical (unpaired) electrons. The molecule has 168 valence electrons. The Morgan fingerprint density at radius 1 is 0.677 bits per heavy atom. The highest BCUT2D eigenvalue weighted by molar-refractivity contribution is 7.80. The minimum Gasteiger partial charge on any atom is -0.493 e. The van der Waals surface area contributed by atoms with E-state index in [4.69, 9.17) is 40.6 Å². The minimum absolute atomic E-state index is 0.134. The first-order valence-corrected chi connectivity index (χ1v) is 9.30. The fraction of sp³-hybridized carbons (Fsp3) is 0.300. The fourth-order valence-corrected chi connectivity index (χ4v) is 2.88. The van der Waals surface area contributed by atoms with Gasteiger partial charge < -0.3 is 33.7 Å². The van der Waals surface area contributed by atoms with E-state index in [1.807, 2.05) is 0 Å². The van der Waals surface area contributed by atoms with Crippen molar-refractivity contribution in [3.05, 3.63) is 29.8 Å². The minimum atomic E-state index is -0.465. The van der Waals surface area contributed by atoms with Crippen molar-refractivity contribution >= 4 is 28.9 Å². The number of methoxy groups -OCH3 is 6. The Morgan fingerprint density at radius 3 is 1.48 bits per heavy atom. The number of nitrogens with one attached hydrogen (secondary N) is 3. The van der Waals surface area contributed by atoms with Crippen LogP contribution in [0.15, 0.2) is 24.3 Å². The Morgan fingerprint density at radius 2 is 1.10 bits per heavy atom. The average molecular weight is 452 g/mol. The van der Waals surface area contributed by atoms with E-state index in [1.54, 1.807) is 12.1 Å². The molecule has 2 rings (SSSR count). The predicted molar refractivity (Wildman–Crippen MR) is 119 cm³/mol. The maximum Gasteiger partial charge on any atom is 0.269 e. The van der Waals surface area contributed by atoms with Crippen molar-refractivity contribution in [3.63, 3.8) is 0 Å². The normalized spacial score (nSPS) is 9.87. The molecule has 0 aromatic heterocycles. The number of rotatable bonds is 8. The zero-order valence-electron chi connectivity index (χ0n) is 18.1. The lowest BCUT2D eigenvalue weighted by molar-refractivity contribution is 0.0943. The average Bonchev–Trinajstić information content (AvgIpc) is 2.80. The highest BCUT2D eigenvalue weighted by Crippen LogP contribution is 2.40. The van der Waals surface area contributed by atoms with E-state index in [0.717, 1.165) is 0 Å². The van der Waals surface area contributed by atoms with Crippen LogP contribution in [0.3, 0.4) is 0 Å². The molecule has 2 aromatic rings. The summed E-state index contributed by atoms with van der Waals surface area (Å²) in [6.45, 7) is 0. The van der Waals surface area contributed by atoms with Crippen molar-refractivity contribution < 1.29 is 33.2 Å². The van der Waals surface area contributed by atoms with E-state index in [2.05, 4.69) is 16.2 Å². The van der Waals surface area contributed by atoms with Gasteiger partial charge in [0, 0.05) is 23.4 Å². The quantitative estimate of drug-likeness (QED) is 0.409. The van der Waals surface area contributed by atoms with Gasteiger partial charge in [-0.25, -0.2) is 0 Å². The molecule has 1 amide bonds. The van der Waals surface area contributed by atoms with Crippen LogP contribution in [0, 0.1) is 0 Å². The molecule has 0 aliphatic carbocycles. The number of benzene rings is 2. The Kier molecular flexibility index (Phi) is 8.38. The summed E-state index contributed by atoms with van der Waals surface area (Å²) in [6, 6.07) is 6.40. The molecule has 31 heavy (non-hydrogen) atoms. The van der Waals surface area contributed by atoms with E-state index in [1.165, 1.54) is 54.8 Å². The van der Waals surface area contributed by atoms with Crippen LogP contribution in [0.5, 0.6) is 34.5 Å². The molecule has 0 fully saturated rings. The number of amides is 1. The second-order valence-corrected chi connectivity index (χ2v) is 6.27. The predicted octanol–water partition coefficient (Wildman–Crippen LogP) is 2.37. The second-order valence-electron chi connectivity index (χ2n) is 5.86. The Balaban J connectivity index is 2.10. The summed E-state index contributed by atoms with van der Waals surface area (Å²) in [5, 5.41) is 3.07. The molecule has 0 saturated carbocycles. The number of hydrazine groups is 1. The third-order valence-corrected chi connectivity index (χ3v) is 4.34. The molecule has 10 nitrogen and oxygen atoms in total. The number of carbonyl (C=O) groups excluding carboxylic acids is 1. The first-order valence-electron chi connectivity index (χ1n) is 8.89. The third kappa shape index (κ3) is 5.51. The van der Waals surface area contributed by atoms with E-state index >= 15 is 0 Å². The van der Waals surface area contributed by atoms with Gasteiger partial charge in [0.25, 0.3) is 5.91 Å².